The molecule has 4 rings (SSSR count). The number of rotatable bonds is 7. The number of esters is 2. The fourth-order valence-electron chi connectivity index (χ4n) is 3.40. The van der Waals surface area contributed by atoms with Crippen molar-refractivity contribution in [3.05, 3.63) is 75.9 Å². The van der Waals surface area contributed by atoms with Crippen LogP contribution in [-0.2, 0) is 14.3 Å². The quantitative estimate of drug-likeness (QED) is 0.487. The lowest BCUT2D eigenvalue weighted by atomic mass is 10.1. The molecule has 0 N–H and O–H groups in total. The Morgan fingerprint density at radius 2 is 1.82 bits per heavy atom. The van der Waals surface area contributed by atoms with Gasteiger partial charge in [-0.1, -0.05) is 6.07 Å². The highest BCUT2D eigenvalue weighted by atomic mass is 32.1. The number of ether oxygens (including phenoxy) is 3. The van der Waals surface area contributed by atoms with Gasteiger partial charge in [0.1, 0.15) is 17.6 Å². The van der Waals surface area contributed by atoms with E-state index in [-0.39, 0.29) is 23.5 Å². The summed E-state index contributed by atoms with van der Waals surface area (Å²) in [5, 5.41) is 7.81. The monoisotopic (exact) mass is 468 g/mol. The third-order valence-electron chi connectivity index (χ3n) is 4.95. The average molecular weight is 468 g/mol. The molecule has 0 bridgehead atoms. The Hall–Kier alpha value is -3.92. The van der Waals surface area contributed by atoms with Gasteiger partial charge < -0.3 is 18.6 Å². The molecule has 0 saturated heterocycles. The SMILES string of the molecule is COC(=O)c1cc(OCC(=O)N2N=C(c3cccs3)CC2c2ccco2)cc(C(=O)OC)c1. The molecule has 0 fully saturated rings. The van der Waals surface area contributed by atoms with Crippen LogP contribution in [0.5, 0.6) is 5.75 Å². The van der Waals surface area contributed by atoms with Crippen LogP contribution in [-0.4, -0.2) is 49.4 Å². The van der Waals surface area contributed by atoms with E-state index in [1.165, 1.54) is 48.8 Å². The number of benzene rings is 1. The van der Waals surface area contributed by atoms with Gasteiger partial charge in [-0.15, -0.1) is 11.3 Å². The minimum atomic E-state index is -0.653. The Bertz CT molecular complexity index is 1150. The molecule has 33 heavy (non-hydrogen) atoms. The Morgan fingerprint density at radius 3 is 2.39 bits per heavy atom. The summed E-state index contributed by atoms with van der Waals surface area (Å²) in [6.07, 6.45) is 2.05. The third-order valence-corrected chi connectivity index (χ3v) is 5.87. The summed E-state index contributed by atoms with van der Waals surface area (Å²) in [7, 11) is 2.45. The molecule has 0 saturated carbocycles. The number of hydrazone groups is 1. The second-order valence-electron chi connectivity index (χ2n) is 7.02. The summed E-state index contributed by atoms with van der Waals surface area (Å²) in [6, 6.07) is 11.1. The van der Waals surface area contributed by atoms with E-state index in [1.807, 2.05) is 17.5 Å². The number of hydrogen-bond donors (Lipinski definition) is 0. The van der Waals surface area contributed by atoms with Crippen molar-refractivity contribution in [2.75, 3.05) is 20.8 Å². The van der Waals surface area contributed by atoms with E-state index in [0.29, 0.717) is 12.2 Å². The molecule has 2 aromatic heterocycles. The third kappa shape index (κ3) is 4.80. The Morgan fingerprint density at radius 1 is 1.09 bits per heavy atom. The van der Waals surface area contributed by atoms with Crippen LogP contribution >= 0.6 is 11.3 Å². The molecule has 0 radical (unpaired) electrons. The summed E-state index contributed by atoms with van der Waals surface area (Å²) in [4.78, 5) is 38.0. The van der Waals surface area contributed by atoms with Gasteiger partial charge in [-0.25, -0.2) is 14.6 Å². The van der Waals surface area contributed by atoms with Crippen LogP contribution in [0.3, 0.4) is 0 Å². The predicted octanol–water partition coefficient (Wildman–Crippen LogP) is 3.67. The van der Waals surface area contributed by atoms with Crippen molar-refractivity contribution >= 4 is 34.9 Å². The maximum absolute atomic E-state index is 13.1. The Labute approximate surface area is 193 Å². The first-order chi connectivity index (χ1) is 16.0. The summed E-state index contributed by atoms with van der Waals surface area (Å²) in [5.41, 5.74) is 0.964. The van der Waals surface area contributed by atoms with Crippen LogP contribution in [0.4, 0.5) is 0 Å². The number of furan rings is 1. The molecular formula is C23H20N2O7S. The molecule has 170 valence electrons. The summed E-state index contributed by atoms with van der Waals surface area (Å²) in [6.45, 7) is -0.371. The fourth-order valence-corrected chi connectivity index (χ4v) is 4.12. The maximum atomic E-state index is 13.1. The Balaban J connectivity index is 1.55. The first kappa shape index (κ1) is 22.3. The molecule has 1 aliphatic heterocycles. The van der Waals surface area contributed by atoms with E-state index >= 15 is 0 Å². The van der Waals surface area contributed by atoms with E-state index in [1.54, 1.807) is 18.4 Å². The number of thiophene rings is 1. The summed E-state index contributed by atoms with van der Waals surface area (Å²) < 4.78 is 20.6. The minimum absolute atomic E-state index is 0.0930. The predicted molar refractivity (Wildman–Crippen MR) is 118 cm³/mol. The molecule has 1 amide bonds. The zero-order chi connectivity index (χ0) is 23.4. The van der Waals surface area contributed by atoms with E-state index in [0.717, 1.165) is 10.6 Å². The zero-order valence-electron chi connectivity index (χ0n) is 17.8. The molecule has 1 aliphatic rings. The van der Waals surface area contributed by atoms with E-state index in [2.05, 4.69) is 5.10 Å². The van der Waals surface area contributed by atoms with Gasteiger partial charge in [0.15, 0.2) is 6.61 Å². The first-order valence-electron chi connectivity index (χ1n) is 9.91. The minimum Gasteiger partial charge on any atom is -0.484 e. The lowest BCUT2D eigenvalue weighted by molar-refractivity contribution is -0.135. The molecule has 0 spiro atoms. The number of hydrogen-bond acceptors (Lipinski definition) is 9. The molecule has 1 atom stereocenters. The van der Waals surface area contributed by atoms with Crippen molar-refractivity contribution in [1.82, 2.24) is 5.01 Å². The van der Waals surface area contributed by atoms with Crippen molar-refractivity contribution in [3.8, 4) is 5.75 Å². The second-order valence-corrected chi connectivity index (χ2v) is 7.96. The molecule has 3 aromatic rings. The highest BCUT2D eigenvalue weighted by molar-refractivity contribution is 7.12. The molecule has 1 aromatic carbocycles. The normalized spacial score (nSPS) is 15.2. The van der Waals surface area contributed by atoms with Gasteiger partial charge in [-0.05, 0) is 41.8 Å². The van der Waals surface area contributed by atoms with Crippen molar-refractivity contribution in [3.63, 3.8) is 0 Å². The molecule has 1 unspecified atom stereocenters. The van der Waals surface area contributed by atoms with E-state index < -0.39 is 23.9 Å². The smallest absolute Gasteiger partial charge is 0.338 e. The van der Waals surface area contributed by atoms with Gasteiger partial charge in [0.25, 0.3) is 5.91 Å². The highest BCUT2D eigenvalue weighted by Crippen LogP contribution is 2.34. The van der Waals surface area contributed by atoms with Crippen LogP contribution in [0.15, 0.2) is 63.6 Å². The van der Waals surface area contributed by atoms with Gasteiger partial charge >= 0.3 is 11.9 Å². The molecule has 0 aliphatic carbocycles. The van der Waals surface area contributed by atoms with E-state index in [4.69, 9.17) is 18.6 Å². The van der Waals surface area contributed by atoms with Gasteiger partial charge in [0.2, 0.25) is 0 Å². The number of carbonyl (C=O) groups is 3. The Kier molecular flexibility index (Phi) is 6.55. The fraction of sp³-hybridized carbons (Fsp3) is 0.217. The van der Waals surface area contributed by atoms with Crippen molar-refractivity contribution in [2.45, 2.75) is 12.5 Å². The molecule has 10 heteroatoms. The van der Waals surface area contributed by atoms with Gasteiger partial charge in [0, 0.05) is 6.42 Å². The van der Waals surface area contributed by atoms with Crippen molar-refractivity contribution in [2.24, 2.45) is 5.10 Å². The van der Waals surface area contributed by atoms with Crippen LogP contribution in [0.1, 0.15) is 43.8 Å². The van der Waals surface area contributed by atoms with Crippen molar-refractivity contribution < 1.29 is 33.0 Å². The maximum Gasteiger partial charge on any atom is 0.338 e. The average Bonchev–Trinajstić information content (AvgIpc) is 3.61. The van der Waals surface area contributed by atoms with Crippen LogP contribution in [0, 0.1) is 0 Å². The van der Waals surface area contributed by atoms with Crippen LogP contribution in [0.25, 0.3) is 0 Å². The standard InChI is InChI=1S/C23H20N2O7S/c1-29-22(27)14-9-15(23(28)30-2)11-16(10-14)32-13-21(26)25-18(19-5-3-7-31-19)12-17(24-25)20-6-4-8-33-20/h3-11,18H,12-13H2,1-2H3. The molecule has 9 nitrogen and oxygen atoms in total. The summed E-state index contributed by atoms with van der Waals surface area (Å²) in [5.74, 6) is -0.965. The van der Waals surface area contributed by atoms with Gasteiger partial charge in [-0.2, -0.15) is 5.10 Å². The topological polar surface area (TPSA) is 108 Å². The zero-order valence-corrected chi connectivity index (χ0v) is 18.7. The number of nitrogens with zero attached hydrogens (tertiary/aromatic N) is 2. The highest BCUT2D eigenvalue weighted by Gasteiger charge is 2.35. The first-order valence-corrected chi connectivity index (χ1v) is 10.8. The number of amides is 1. The summed E-state index contributed by atoms with van der Waals surface area (Å²) >= 11 is 1.54. The second kappa shape index (κ2) is 9.70. The molecular weight excluding hydrogens is 448 g/mol. The van der Waals surface area contributed by atoms with Gasteiger partial charge in [0.05, 0.1) is 42.2 Å². The van der Waals surface area contributed by atoms with Gasteiger partial charge in [-0.3, -0.25) is 4.79 Å². The number of carbonyl (C=O) groups excluding carboxylic acids is 3. The lowest BCUT2D eigenvalue weighted by Crippen LogP contribution is -2.31. The van der Waals surface area contributed by atoms with Crippen LogP contribution < -0.4 is 4.74 Å². The lowest BCUT2D eigenvalue weighted by Gasteiger charge is -2.20. The van der Waals surface area contributed by atoms with Crippen molar-refractivity contribution in [1.29, 1.82) is 0 Å². The van der Waals surface area contributed by atoms with E-state index in [9.17, 15) is 14.4 Å². The molecule has 3 heterocycles. The van der Waals surface area contributed by atoms with Crippen LogP contribution in [0.2, 0.25) is 0 Å². The largest absolute Gasteiger partial charge is 0.484 e. The number of methoxy groups -OCH3 is 2.